The zero-order chi connectivity index (χ0) is 15.3. The first-order valence-electron chi connectivity index (χ1n) is 5.78. The number of hydrogen-bond acceptors (Lipinski definition) is 6. The Hall–Kier alpha value is -2.38. The highest BCUT2D eigenvalue weighted by atomic mass is 16.5. The SMILES string of the molecule is COc1ncnc(OC)c1C(=O)NCC(C)(C)C(=O)O. The van der Waals surface area contributed by atoms with Crippen LogP contribution in [0.15, 0.2) is 6.33 Å². The Morgan fingerprint density at radius 3 is 2.15 bits per heavy atom. The zero-order valence-electron chi connectivity index (χ0n) is 11.8. The van der Waals surface area contributed by atoms with E-state index in [-0.39, 0.29) is 23.9 Å². The van der Waals surface area contributed by atoms with Gasteiger partial charge in [0.05, 0.1) is 19.6 Å². The summed E-state index contributed by atoms with van der Waals surface area (Å²) in [6, 6.07) is 0. The number of hydrogen-bond donors (Lipinski definition) is 2. The van der Waals surface area contributed by atoms with E-state index in [4.69, 9.17) is 14.6 Å². The van der Waals surface area contributed by atoms with Crippen LogP contribution >= 0.6 is 0 Å². The average molecular weight is 283 g/mol. The molecule has 0 aliphatic rings. The van der Waals surface area contributed by atoms with Gasteiger partial charge in [0, 0.05) is 6.54 Å². The predicted octanol–water partition coefficient (Wildman–Crippen LogP) is 0.334. The van der Waals surface area contributed by atoms with Crippen LogP contribution in [-0.4, -0.2) is 47.7 Å². The fourth-order valence-electron chi connectivity index (χ4n) is 1.32. The summed E-state index contributed by atoms with van der Waals surface area (Å²) in [5.41, 5.74) is -1.06. The van der Waals surface area contributed by atoms with Crippen molar-refractivity contribution in [3.63, 3.8) is 0 Å². The molecule has 0 fully saturated rings. The van der Waals surface area contributed by atoms with Crippen molar-refractivity contribution in [3.8, 4) is 11.8 Å². The molecule has 2 N–H and O–H groups in total. The van der Waals surface area contributed by atoms with E-state index < -0.39 is 17.3 Å². The lowest BCUT2D eigenvalue weighted by atomic mass is 9.94. The van der Waals surface area contributed by atoms with Gasteiger partial charge in [-0.25, -0.2) is 9.97 Å². The molecule has 0 aliphatic carbocycles. The molecule has 8 nitrogen and oxygen atoms in total. The van der Waals surface area contributed by atoms with Gasteiger partial charge in [0.15, 0.2) is 5.56 Å². The number of aromatic nitrogens is 2. The molecular formula is C12H17N3O5. The molecule has 1 aromatic rings. The molecule has 0 aliphatic heterocycles. The molecule has 0 radical (unpaired) electrons. The number of aliphatic carboxylic acids is 1. The fraction of sp³-hybridized carbons (Fsp3) is 0.500. The van der Waals surface area contributed by atoms with Gasteiger partial charge >= 0.3 is 5.97 Å². The van der Waals surface area contributed by atoms with Crippen molar-refractivity contribution < 1.29 is 24.2 Å². The third-order valence-corrected chi connectivity index (χ3v) is 2.66. The van der Waals surface area contributed by atoms with Crippen molar-refractivity contribution in [1.29, 1.82) is 0 Å². The van der Waals surface area contributed by atoms with Crippen LogP contribution in [0, 0.1) is 5.41 Å². The molecule has 0 saturated carbocycles. The van der Waals surface area contributed by atoms with E-state index >= 15 is 0 Å². The number of carboxylic acids is 1. The van der Waals surface area contributed by atoms with Gasteiger partial charge in [-0.3, -0.25) is 9.59 Å². The lowest BCUT2D eigenvalue weighted by molar-refractivity contribution is -0.146. The van der Waals surface area contributed by atoms with E-state index in [9.17, 15) is 9.59 Å². The third-order valence-electron chi connectivity index (χ3n) is 2.66. The van der Waals surface area contributed by atoms with Crippen molar-refractivity contribution >= 4 is 11.9 Å². The summed E-state index contributed by atoms with van der Waals surface area (Å²) in [5.74, 6) is -1.46. The summed E-state index contributed by atoms with van der Waals surface area (Å²) < 4.78 is 9.96. The second-order valence-corrected chi connectivity index (χ2v) is 4.64. The van der Waals surface area contributed by atoms with Crippen LogP contribution in [0.1, 0.15) is 24.2 Å². The van der Waals surface area contributed by atoms with Gasteiger partial charge in [-0.15, -0.1) is 0 Å². The molecule has 0 saturated heterocycles. The molecular weight excluding hydrogens is 266 g/mol. The first-order valence-corrected chi connectivity index (χ1v) is 5.78. The van der Waals surface area contributed by atoms with Gasteiger partial charge in [0.2, 0.25) is 11.8 Å². The maximum absolute atomic E-state index is 12.1. The van der Waals surface area contributed by atoms with E-state index in [1.807, 2.05) is 0 Å². The molecule has 0 bridgehead atoms. The van der Waals surface area contributed by atoms with Crippen LogP contribution < -0.4 is 14.8 Å². The van der Waals surface area contributed by atoms with Crippen LogP contribution in [-0.2, 0) is 4.79 Å². The Labute approximate surface area is 116 Å². The smallest absolute Gasteiger partial charge is 0.310 e. The molecule has 1 heterocycles. The summed E-state index contributed by atoms with van der Waals surface area (Å²) in [6.07, 6.45) is 1.20. The molecule has 0 atom stereocenters. The Kier molecular flexibility index (Phi) is 4.84. The van der Waals surface area contributed by atoms with Crippen LogP contribution in [0.2, 0.25) is 0 Å². The summed E-state index contributed by atoms with van der Waals surface area (Å²) in [7, 11) is 2.72. The molecule has 1 rings (SSSR count). The molecule has 8 heteroatoms. The average Bonchev–Trinajstić information content (AvgIpc) is 2.43. The molecule has 20 heavy (non-hydrogen) atoms. The Morgan fingerprint density at radius 2 is 1.75 bits per heavy atom. The number of rotatable bonds is 6. The molecule has 0 spiro atoms. The minimum Gasteiger partial charge on any atom is -0.481 e. The number of amides is 1. The monoisotopic (exact) mass is 283 g/mol. The lowest BCUT2D eigenvalue weighted by Crippen LogP contribution is -2.39. The second-order valence-electron chi connectivity index (χ2n) is 4.64. The molecule has 1 amide bonds. The van der Waals surface area contributed by atoms with E-state index in [0.29, 0.717) is 0 Å². The number of nitrogens with one attached hydrogen (secondary N) is 1. The first-order chi connectivity index (χ1) is 9.33. The van der Waals surface area contributed by atoms with Gasteiger partial charge in [-0.1, -0.05) is 0 Å². The van der Waals surface area contributed by atoms with Crippen LogP contribution in [0.25, 0.3) is 0 Å². The number of carbonyl (C=O) groups is 2. The van der Waals surface area contributed by atoms with Gasteiger partial charge in [0.1, 0.15) is 6.33 Å². The quantitative estimate of drug-likeness (QED) is 0.774. The first kappa shape index (κ1) is 15.7. The maximum Gasteiger partial charge on any atom is 0.310 e. The number of nitrogens with zero attached hydrogens (tertiary/aromatic N) is 2. The number of ether oxygens (including phenoxy) is 2. The Morgan fingerprint density at radius 1 is 1.25 bits per heavy atom. The standard InChI is InChI=1S/C12H17N3O5/c1-12(2,11(17)18)5-13-8(16)7-9(19-3)14-6-15-10(7)20-4/h6H,5H2,1-4H3,(H,13,16)(H,17,18). The third kappa shape index (κ3) is 3.34. The Bertz CT molecular complexity index is 494. The van der Waals surface area contributed by atoms with Crippen molar-refractivity contribution in [3.05, 3.63) is 11.9 Å². The fourth-order valence-corrected chi connectivity index (χ4v) is 1.32. The van der Waals surface area contributed by atoms with Gasteiger partial charge in [0.25, 0.3) is 5.91 Å². The largest absolute Gasteiger partial charge is 0.481 e. The highest BCUT2D eigenvalue weighted by Gasteiger charge is 2.29. The van der Waals surface area contributed by atoms with Crippen LogP contribution in [0.4, 0.5) is 0 Å². The second kappa shape index (κ2) is 6.18. The van der Waals surface area contributed by atoms with Crippen molar-refractivity contribution in [2.75, 3.05) is 20.8 Å². The number of methoxy groups -OCH3 is 2. The number of carbonyl (C=O) groups excluding carboxylic acids is 1. The Balaban J connectivity index is 2.95. The van der Waals surface area contributed by atoms with Crippen molar-refractivity contribution in [1.82, 2.24) is 15.3 Å². The predicted molar refractivity (Wildman–Crippen MR) is 68.9 cm³/mol. The van der Waals surface area contributed by atoms with E-state index in [1.165, 1.54) is 34.4 Å². The van der Waals surface area contributed by atoms with E-state index in [2.05, 4.69) is 15.3 Å². The van der Waals surface area contributed by atoms with Gasteiger partial charge in [-0.05, 0) is 13.8 Å². The van der Waals surface area contributed by atoms with Crippen molar-refractivity contribution in [2.45, 2.75) is 13.8 Å². The van der Waals surface area contributed by atoms with Crippen molar-refractivity contribution in [2.24, 2.45) is 5.41 Å². The summed E-state index contributed by atoms with van der Waals surface area (Å²) >= 11 is 0. The minimum absolute atomic E-state index is 0.0266. The van der Waals surface area contributed by atoms with E-state index in [1.54, 1.807) is 0 Å². The van der Waals surface area contributed by atoms with Crippen LogP contribution in [0.3, 0.4) is 0 Å². The maximum atomic E-state index is 12.1. The highest BCUT2D eigenvalue weighted by molar-refractivity contribution is 5.98. The lowest BCUT2D eigenvalue weighted by Gasteiger charge is -2.20. The molecule has 1 aromatic heterocycles. The normalized spacial score (nSPS) is 10.8. The highest BCUT2D eigenvalue weighted by Crippen LogP contribution is 2.23. The van der Waals surface area contributed by atoms with Gasteiger partial charge in [-0.2, -0.15) is 0 Å². The summed E-state index contributed by atoms with van der Waals surface area (Å²) in [6.45, 7) is 2.96. The van der Waals surface area contributed by atoms with Gasteiger partial charge < -0.3 is 19.9 Å². The van der Waals surface area contributed by atoms with E-state index in [0.717, 1.165) is 0 Å². The summed E-state index contributed by atoms with van der Waals surface area (Å²) in [4.78, 5) is 30.8. The minimum atomic E-state index is -1.09. The molecule has 0 aromatic carbocycles. The van der Waals surface area contributed by atoms with Crippen LogP contribution in [0.5, 0.6) is 11.8 Å². The topological polar surface area (TPSA) is 111 Å². The molecule has 0 unspecified atom stereocenters. The zero-order valence-corrected chi connectivity index (χ0v) is 11.8. The molecule has 110 valence electrons. The number of carboxylic acid groups (broad SMARTS) is 1. The summed E-state index contributed by atoms with van der Waals surface area (Å²) in [5, 5.41) is 11.5.